The lowest BCUT2D eigenvalue weighted by atomic mass is 9.96. The number of carbonyl (C=O) groups is 2. The van der Waals surface area contributed by atoms with Gasteiger partial charge in [-0.3, -0.25) is 19.5 Å². The number of carbonyl (C=O) groups excluding carboxylic acids is 2. The number of hydrogen-bond acceptors (Lipinski definition) is 5. The monoisotopic (exact) mass is 530 g/mol. The van der Waals surface area contributed by atoms with E-state index >= 15 is 0 Å². The number of imide groups is 1. The number of hydrogen-bond donors (Lipinski definition) is 0. The molecule has 0 spiro atoms. The highest BCUT2D eigenvalue weighted by atomic mass is 16.2. The highest BCUT2D eigenvalue weighted by Crippen LogP contribution is 2.41. The molecule has 8 heteroatoms. The first-order valence-corrected chi connectivity index (χ1v) is 14.0. The number of pyridine rings is 3. The Morgan fingerprint density at radius 3 is 1.65 bits per heavy atom. The third-order valence-electron chi connectivity index (χ3n) is 8.12. The molecule has 7 rings (SSSR count). The van der Waals surface area contributed by atoms with E-state index in [-0.39, 0.29) is 11.8 Å². The van der Waals surface area contributed by atoms with Gasteiger partial charge < -0.3 is 9.13 Å². The van der Waals surface area contributed by atoms with Crippen LogP contribution < -0.4 is 0 Å². The summed E-state index contributed by atoms with van der Waals surface area (Å²) in [6.07, 6.45) is 13.3. The molecule has 0 aromatic carbocycles. The Morgan fingerprint density at radius 1 is 0.650 bits per heavy atom. The Labute approximate surface area is 232 Å². The highest BCUT2D eigenvalue weighted by molar-refractivity contribution is 6.50. The Hall–Kier alpha value is -4.59. The van der Waals surface area contributed by atoms with Crippen LogP contribution in [0, 0.1) is 0 Å². The van der Waals surface area contributed by atoms with Crippen molar-refractivity contribution >= 4 is 45.0 Å². The summed E-state index contributed by atoms with van der Waals surface area (Å²) in [4.78, 5) is 42.9. The van der Waals surface area contributed by atoms with E-state index in [2.05, 4.69) is 37.3 Å². The molecular weight excluding hydrogens is 500 g/mol. The van der Waals surface area contributed by atoms with Crippen LogP contribution in [0.1, 0.15) is 48.2 Å². The van der Waals surface area contributed by atoms with Crippen molar-refractivity contribution in [3.8, 4) is 0 Å². The molecule has 0 atom stereocenters. The van der Waals surface area contributed by atoms with Crippen LogP contribution in [0.4, 0.5) is 0 Å². The third kappa shape index (κ3) is 4.02. The lowest BCUT2D eigenvalue weighted by Gasteiger charge is -2.07. The Kier molecular flexibility index (Phi) is 6.03. The molecule has 5 aromatic rings. The standard InChI is InChI=1S/C32H30N6O2/c1-36-31(39)27-25-19-37(29-23(25)13-7-15-33-29)17-4-2-9-21-11-6-12-22(35-21)10-3-5-18-38-20-26(28(27)32(36)40)24-14-8-16-34-30(24)38/h6-8,11-16,19-20H,2-5,9-10,17-18H2,1H3. The molecule has 7 heterocycles. The van der Waals surface area contributed by atoms with Gasteiger partial charge in [0.05, 0.1) is 11.1 Å². The number of aryl methyl sites for hydroxylation is 4. The quantitative estimate of drug-likeness (QED) is 0.262. The number of amides is 2. The van der Waals surface area contributed by atoms with E-state index in [1.54, 1.807) is 19.4 Å². The summed E-state index contributed by atoms with van der Waals surface area (Å²) >= 11 is 0. The fraction of sp³-hybridized carbons (Fsp3) is 0.281. The van der Waals surface area contributed by atoms with Gasteiger partial charge in [0.25, 0.3) is 11.8 Å². The van der Waals surface area contributed by atoms with E-state index < -0.39 is 0 Å². The molecule has 6 bridgehead atoms. The average molecular weight is 531 g/mol. The first-order chi connectivity index (χ1) is 19.6. The maximum Gasteiger partial charge on any atom is 0.261 e. The van der Waals surface area contributed by atoms with Gasteiger partial charge in [-0.15, -0.1) is 0 Å². The van der Waals surface area contributed by atoms with Gasteiger partial charge in [0.2, 0.25) is 0 Å². The normalized spacial score (nSPS) is 16.8. The molecule has 0 aliphatic carbocycles. The summed E-state index contributed by atoms with van der Waals surface area (Å²) in [7, 11) is 1.56. The molecular formula is C32H30N6O2. The van der Waals surface area contributed by atoms with Crippen LogP contribution in [0.3, 0.4) is 0 Å². The van der Waals surface area contributed by atoms with Gasteiger partial charge in [-0.2, -0.15) is 0 Å². The van der Waals surface area contributed by atoms with Crippen molar-refractivity contribution < 1.29 is 9.59 Å². The van der Waals surface area contributed by atoms with Crippen LogP contribution in [0.5, 0.6) is 0 Å². The van der Waals surface area contributed by atoms with Gasteiger partial charge in [-0.1, -0.05) is 6.07 Å². The van der Waals surface area contributed by atoms with E-state index in [0.29, 0.717) is 11.1 Å². The molecule has 2 amide bonds. The van der Waals surface area contributed by atoms with Gasteiger partial charge in [0, 0.05) is 78.2 Å². The lowest BCUT2D eigenvalue weighted by molar-refractivity contribution is -0.134. The molecule has 2 aliphatic rings. The zero-order valence-electron chi connectivity index (χ0n) is 22.5. The predicted molar refractivity (Wildman–Crippen MR) is 154 cm³/mol. The van der Waals surface area contributed by atoms with Crippen molar-refractivity contribution in [1.29, 1.82) is 0 Å². The van der Waals surface area contributed by atoms with Crippen molar-refractivity contribution in [3.63, 3.8) is 0 Å². The molecule has 200 valence electrons. The van der Waals surface area contributed by atoms with E-state index in [1.807, 2.05) is 36.7 Å². The van der Waals surface area contributed by atoms with Gasteiger partial charge in [0.1, 0.15) is 11.3 Å². The topological polar surface area (TPSA) is 85.9 Å². The number of rotatable bonds is 0. The van der Waals surface area contributed by atoms with Crippen molar-refractivity contribution in [3.05, 3.63) is 89.8 Å². The first-order valence-electron chi connectivity index (χ1n) is 14.0. The lowest BCUT2D eigenvalue weighted by Crippen LogP contribution is -2.26. The Morgan fingerprint density at radius 2 is 1.15 bits per heavy atom. The fourth-order valence-corrected chi connectivity index (χ4v) is 6.11. The second-order valence-corrected chi connectivity index (χ2v) is 10.7. The van der Waals surface area contributed by atoms with E-state index in [0.717, 1.165) is 96.2 Å². The summed E-state index contributed by atoms with van der Waals surface area (Å²) in [5, 5.41) is 1.74. The van der Waals surface area contributed by atoms with Crippen molar-refractivity contribution in [1.82, 2.24) is 29.0 Å². The molecule has 0 unspecified atom stereocenters. The van der Waals surface area contributed by atoms with Crippen molar-refractivity contribution in [2.75, 3.05) is 7.05 Å². The minimum absolute atomic E-state index is 0.288. The summed E-state index contributed by atoms with van der Waals surface area (Å²) in [6.45, 7) is 1.52. The van der Waals surface area contributed by atoms with Gasteiger partial charge >= 0.3 is 0 Å². The van der Waals surface area contributed by atoms with Crippen LogP contribution in [0.25, 0.3) is 33.2 Å². The largest absolute Gasteiger partial charge is 0.332 e. The van der Waals surface area contributed by atoms with Crippen molar-refractivity contribution in [2.24, 2.45) is 0 Å². The van der Waals surface area contributed by atoms with E-state index in [1.165, 1.54) is 4.90 Å². The van der Waals surface area contributed by atoms with Crippen LogP contribution in [-0.2, 0) is 35.5 Å². The molecule has 2 aliphatic heterocycles. The molecule has 0 fully saturated rings. The zero-order valence-corrected chi connectivity index (χ0v) is 22.5. The molecule has 0 saturated carbocycles. The van der Waals surface area contributed by atoms with Crippen LogP contribution in [-0.4, -0.2) is 47.8 Å². The van der Waals surface area contributed by atoms with Gasteiger partial charge in [-0.25, -0.2) is 9.97 Å². The second kappa shape index (κ2) is 9.86. The SMILES string of the molecule is CN1C(=O)C2=C(C1=O)c1cn(c3ncccc13)CCCCc1cccc(n1)CCCCn1cc2c2cccnc21. The average Bonchev–Trinajstić information content (AvgIpc) is 3.59. The second-order valence-electron chi connectivity index (χ2n) is 10.7. The van der Waals surface area contributed by atoms with Crippen molar-refractivity contribution in [2.45, 2.75) is 51.6 Å². The smallest absolute Gasteiger partial charge is 0.261 e. The summed E-state index contributed by atoms with van der Waals surface area (Å²) in [5.41, 5.74) is 6.26. The number of fused-ring (bicyclic) bond motifs is 14. The maximum atomic E-state index is 13.7. The maximum absolute atomic E-state index is 13.7. The number of likely N-dealkylation sites (N-methyl/N-ethyl adjacent to an activating group) is 1. The number of aromatic nitrogens is 5. The molecule has 0 N–H and O–H groups in total. The van der Waals surface area contributed by atoms with Crippen LogP contribution >= 0.6 is 0 Å². The third-order valence-corrected chi connectivity index (χ3v) is 8.12. The summed E-state index contributed by atoms with van der Waals surface area (Å²) in [6, 6.07) is 14.1. The molecule has 40 heavy (non-hydrogen) atoms. The molecule has 0 saturated heterocycles. The summed E-state index contributed by atoms with van der Waals surface area (Å²) < 4.78 is 4.24. The Balaban J connectivity index is 1.43. The zero-order chi connectivity index (χ0) is 27.2. The minimum atomic E-state index is -0.288. The minimum Gasteiger partial charge on any atom is -0.332 e. The Bertz CT molecular complexity index is 1700. The van der Waals surface area contributed by atoms with Gasteiger partial charge in [0.15, 0.2) is 0 Å². The fourth-order valence-electron chi connectivity index (χ4n) is 6.11. The van der Waals surface area contributed by atoms with Crippen LogP contribution in [0.15, 0.2) is 67.3 Å². The van der Waals surface area contributed by atoms with Crippen LogP contribution in [0.2, 0.25) is 0 Å². The van der Waals surface area contributed by atoms with E-state index in [9.17, 15) is 9.59 Å². The molecule has 0 radical (unpaired) electrons. The molecule has 5 aromatic heterocycles. The van der Waals surface area contributed by atoms with Gasteiger partial charge in [-0.05, 0) is 74.9 Å². The van der Waals surface area contributed by atoms with E-state index in [4.69, 9.17) is 4.98 Å². The molecule has 8 nitrogen and oxygen atoms in total. The first kappa shape index (κ1) is 24.5. The number of nitrogens with zero attached hydrogens (tertiary/aromatic N) is 6. The highest BCUT2D eigenvalue weighted by Gasteiger charge is 2.39. The predicted octanol–water partition coefficient (Wildman–Crippen LogP) is 5.05. The summed E-state index contributed by atoms with van der Waals surface area (Å²) in [5.74, 6) is -0.576.